The Morgan fingerprint density at radius 2 is 1.93 bits per heavy atom. The number of halogens is 1. The number of carboxylic acid groups (broad SMARTS) is 1. The van der Waals surface area contributed by atoms with Gasteiger partial charge < -0.3 is 29.9 Å². The number of aliphatic hydroxyl groups excluding tert-OH is 1. The number of rotatable bonds is 1. The summed E-state index contributed by atoms with van der Waals surface area (Å²) in [7, 11) is 1.61. The Bertz CT molecular complexity index is 1450. The van der Waals surface area contributed by atoms with Gasteiger partial charge in [-0.25, -0.2) is 4.79 Å². The number of benzene rings is 2. The van der Waals surface area contributed by atoms with E-state index in [0.29, 0.717) is 42.7 Å². The lowest BCUT2D eigenvalue weighted by Gasteiger charge is -2.45. The molecule has 2 bridgehead atoms. The molecule has 9 heteroatoms. The van der Waals surface area contributed by atoms with Gasteiger partial charge in [0.15, 0.2) is 5.60 Å². The minimum absolute atomic E-state index is 0.0543. The number of carbonyl (C=O) groups is 2. The highest BCUT2D eigenvalue weighted by Crippen LogP contribution is 2.47. The van der Waals surface area contributed by atoms with E-state index in [2.05, 4.69) is 17.0 Å². The molecule has 6 atom stereocenters. The third-order valence-corrected chi connectivity index (χ3v) is 10.5. The molecule has 43 heavy (non-hydrogen) atoms. The van der Waals surface area contributed by atoms with Crippen molar-refractivity contribution < 1.29 is 29.6 Å². The van der Waals surface area contributed by atoms with Crippen LogP contribution in [0.4, 0.5) is 5.69 Å². The van der Waals surface area contributed by atoms with Crippen molar-refractivity contribution in [3.63, 3.8) is 0 Å². The maximum Gasteiger partial charge on any atom is 0.340 e. The van der Waals surface area contributed by atoms with E-state index in [1.807, 2.05) is 25.1 Å². The van der Waals surface area contributed by atoms with Gasteiger partial charge in [0.2, 0.25) is 5.91 Å². The van der Waals surface area contributed by atoms with Gasteiger partial charge in [-0.3, -0.25) is 4.79 Å². The summed E-state index contributed by atoms with van der Waals surface area (Å²) in [5, 5.41) is 33.7. The van der Waals surface area contributed by atoms with E-state index >= 15 is 0 Å². The fraction of sp³-hybridized carbons (Fsp3) is 0.529. The van der Waals surface area contributed by atoms with Crippen molar-refractivity contribution >= 4 is 29.2 Å². The monoisotopic (exact) mass is 608 g/mol. The predicted octanol–water partition coefficient (Wildman–Crippen LogP) is 4.53. The van der Waals surface area contributed by atoms with E-state index in [1.54, 1.807) is 25.2 Å². The van der Waals surface area contributed by atoms with Crippen LogP contribution in [0.2, 0.25) is 5.02 Å². The lowest BCUT2D eigenvalue weighted by molar-refractivity contribution is -0.164. The summed E-state index contributed by atoms with van der Waals surface area (Å²) in [6, 6.07) is 11.1. The quantitative estimate of drug-likeness (QED) is 0.408. The van der Waals surface area contributed by atoms with Crippen molar-refractivity contribution in [2.24, 2.45) is 17.8 Å². The van der Waals surface area contributed by atoms with Crippen LogP contribution in [0.5, 0.6) is 5.75 Å². The summed E-state index contributed by atoms with van der Waals surface area (Å²) in [5.41, 5.74) is 0.574. The van der Waals surface area contributed by atoms with Crippen LogP contribution in [-0.4, -0.2) is 71.5 Å². The zero-order chi connectivity index (χ0) is 30.5. The summed E-state index contributed by atoms with van der Waals surface area (Å²) in [5.74, 6) is -1.07. The zero-order valence-electron chi connectivity index (χ0n) is 24.8. The van der Waals surface area contributed by atoms with Crippen molar-refractivity contribution in [1.82, 2.24) is 4.90 Å². The minimum Gasteiger partial charge on any atom is -0.490 e. The standard InChI is InChI=1S/C34H41ClN2O6/c1-21-5-11-29(38)26-9-6-23(26)18-37-19-33(13-3-4-22-14-25(35)8-10-27(22)33)20-43-30-12-7-24(15-28(30)37)34(42,32(40)41)16-31(39)36(2)17-21/h5,7-8,10-12,14-15,21,23,26,29,38,42H,3-4,6,9,13,16-20H2,1-2H3,(H,40,41)/b11-5+/t21?,23-,26+,29?,33-,34-/m0/s1. The van der Waals surface area contributed by atoms with Crippen LogP contribution in [0.15, 0.2) is 48.6 Å². The second-order valence-electron chi connectivity index (χ2n) is 13.3. The van der Waals surface area contributed by atoms with Gasteiger partial charge in [0, 0.05) is 37.1 Å². The number of aliphatic carboxylic acids is 1. The molecule has 2 heterocycles. The first-order valence-corrected chi connectivity index (χ1v) is 15.7. The molecule has 1 spiro atoms. The number of amides is 1. The maximum absolute atomic E-state index is 13.2. The number of anilines is 1. The lowest BCUT2D eigenvalue weighted by Crippen LogP contribution is -2.49. The van der Waals surface area contributed by atoms with Crippen LogP contribution < -0.4 is 9.64 Å². The summed E-state index contributed by atoms with van der Waals surface area (Å²) in [6.45, 7) is 4.04. The van der Waals surface area contributed by atoms with E-state index in [-0.39, 0.29) is 28.7 Å². The Morgan fingerprint density at radius 3 is 2.67 bits per heavy atom. The number of aryl methyl sites for hydroxylation is 1. The van der Waals surface area contributed by atoms with Crippen molar-refractivity contribution in [2.45, 2.75) is 62.6 Å². The van der Waals surface area contributed by atoms with Crippen LogP contribution in [0.1, 0.15) is 55.7 Å². The number of fused-ring (bicyclic) bond motifs is 4. The van der Waals surface area contributed by atoms with Gasteiger partial charge in [-0.05, 0) is 90.8 Å². The molecule has 2 aromatic rings. The molecule has 8 nitrogen and oxygen atoms in total. The second kappa shape index (κ2) is 11.5. The summed E-state index contributed by atoms with van der Waals surface area (Å²) in [4.78, 5) is 29.5. The molecule has 1 saturated carbocycles. The van der Waals surface area contributed by atoms with Crippen LogP contribution in [0.25, 0.3) is 0 Å². The topological polar surface area (TPSA) is 111 Å². The van der Waals surface area contributed by atoms with E-state index in [9.17, 15) is 24.9 Å². The summed E-state index contributed by atoms with van der Waals surface area (Å²) in [6.07, 6.45) is 7.36. The highest BCUT2D eigenvalue weighted by Gasteiger charge is 2.46. The molecule has 2 unspecified atom stereocenters. The average molecular weight is 609 g/mol. The summed E-state index contributed by atoms with van der Waals surface area (Å²) >= 11 is 6.39. The number of hydrogen-bond donors (Lipinski definition) is 3. The van der Waals surface area contributed by atoms with E-state index < -0.39 is 30.0 Å². The highest BCUT2D eigenvalue weighted by atomic mass is 35.5. The fourth-order valence-corrected chi connectivity index (χ4v) is 7.82. The molecule has 0 aromatic heterocycles. The lowest BCUT2D eigenvalue weighted by atomic mass is 9.68. The molecular weight excluding hydrogens is 568 g/mol. The molecule has 4 aliphatic rings. The van der Waals surface area contributed by atoms with Crippen LogP contribution in [0, 0.1) is 17.8 Å². The first-order chi connectivity index (χ1) is 20.5. The van der Waals surface area contributed by atoms with E-state index in [4.69, 9.17) is 16.3 Å². The van der Waals surface area contributed by atoms with Gasteiger partial charge in [0.1, 0.15) is 5.75 Å². The van der Waals surface area contributed by atoms with Gasteiger partial charge in [-0.1, -0.05) is 42.8 Å². The molecule has 2 aliphatic carbocycles. The molecule has 0 radical (unpaired) electrons. The number of carboxylic acids is 1. The fourth-order valence-electron chi connectivity index (χ4n) is 7.62. The summed E-state index contributed by atoms with van der Waals surface area (Å²) < 4.78 is 6.53. The molecule has 1 fully saturated rings. The van der Waals surface area contributed by atoms with Gasteiger partial charge >= 0.3 is 5.97 Å². The Kier molecular flexibility index (Phi) is 7.98. The number of carbonyl (C=O) groups excluding carboxylic acids is 1. The van der Waals surface area contributed by atoms with E-state index in [0.717, 1.165) is 32.1 Å². The molecule has 2 aromatic carbocycles. The molecular formula is C34H41ClN2O6. The van der Waals surface area contributed by atoms with Gasteiger partial charge in [-0.2, -0.15) is 0 Å². The van der Waals surface area contributed by atoms with Crippen molar-refractivity contribution in [3.8, 4) is 5.75 Å². The van der Waals surface area contributed by atoms with Gasteiger partial charge in [-0.15, -0.1) is 0 Å². The number of aliphatic hydroxyl groups is 2. The molecule has 0 saturated heterocycles. The third kappa shape index (κ3) is 5.54. The normalized spacial score (nSPS) is 33.5. The van der Waals surface area contributed by atoms with Gasteiger partial charge in [0.05, 0.1) is 24.8 Å². The first-order valence-electron chi connectivity index (χ1n) is 15.4. The first kappa shape index (κ1) is 30.0. The molecule has 230 valence electrons. The molecule has 6 rings (SSSR count). The second-order valence-corrected chi connectivity index (χ2v) is 13.7. The molecule has 2 aliphatic heterocycles. The largest absolute Gasteiger partial charge is 0.490 e. The van der Waals surface area contributed by atoms with Crippen molar-refractivity contribution in [1.29, 1.82) is 0 Å². The predicted molar refractivity (Wildman–Crippen MR) is 165 cm³/mol. The smallest absolute Gasteiger partial charge is 0.340 e. The van der Waals surface area contributed by atoms with Gasteiger partial charge in [0.25, 0.3) is 0 Å². The number of ether oxygens (including phenoxy) is 1. The molecule has 1 amide bonds. The van der Waals surface area contributed by atoms with Crippen LogP contribution in [0.3, 0.4) is 0 Å². The Balaban J connectivity index is 1.46. The Morgan fingerprint density at radius 1 is 1.12 bits per heavy atom. The van der Waals surface area contributed by atoms with Crippen molar-refractivity contribution in [2.75, 3.05) is 38.2 Å². The highest BCUT2D eigenvalue weighted by molar-refractivity contribution is 6.30. The maximum atomic E-state index is 13.2. The molecule has 3 N–H and O–H groups in total. The van der Waals surface area contributed by atoms with E-state index in [1.165, 1.54) is 16.0 Å². The Labute approximate surface area is 257 Å². The SMILES string of the molecule is CC1/C=C/C(O)[C@@H]2CC[C@H]2CN2C[C@@]3(CCCc4cc(Cl)ccc43)COc3ccc(cc32)[C@](O)(C(=O)O)CC(=O)N(C)C1. The van der Waals surface area contributed by atoms with Crippen LogP contribution >= 0.6 is 11.6 Å². The Hall–Kier alpha value is -3.07. The number of nitrogens with zero attached hydrogens (tertiary/aromatic N) is 2. The number of hydrogen-bond acceptors (Lipinski definition) is 6. The minimum atomic E-state index is -2.41. The zero-order valence-corrected chi connectivity index (χ0v) is 25.6. The van der Waals surface area contributed by atoms with Crippen LogP contribution in [-0.2, 0) is 27.0 Å². The average Bonchev–Trinajstić information content (AvgIpc) is 3.10. The third-order valence-electron chi connectivity index (χ3n) is 10.3. The van der Waals surface area contributed by atoms with Crippen molar-refractivity contribution in [3.05, 3.63) is 70.3 Å².